The summed E-state index contributed by atoms with van der Waals surface area (Å²) in [5.74, 6) is -0.295. The summed E-state index contributed by atoms with van der Waals surface area (Å²) in [5, 5.41) is 13.7. The Hall–Kier alpha value is -3.36. The van der Waals surface area contributed by atoms with Gasteiger partial charge in [0.2, 0.25) is 0 Å². The minimum Gasteiger partial charge on any atom is -0.434 e. The van der Waals surface area contributed by atoms with Crippen molar-refractivity contribution >= 4 is 5.91 Å². The van der Waals surface area contributed by atoms with Gasteiger partial charge in [-0.3, -0.25) is 4.79 Å². The quantitative estimate of drug-likeness (QED) is 0.731. The predicted molar refractivity (Wildman–Crippen MR) is 88.1 cm³/mol. The van der Waals surface area contributed by atoms with E-state index in [1.54, 1.807) is 36.4 Å². The fourth-order valence-electron chi connectivity index (χ4n) is 2.46. The smallest absolute Gasteiger partial charge is 0.387 e. The molecule has 0 saturated carbocycles. The molecule has 2 aromatic carbocycles. The number of nitrogens with one attached hydrogen (secondary N) is 1. The van der Waals surface area contributed by atoms with Crippen molar-refractivity contribution in [3.8, 4) is 11.4 Å². The maximum atomic E-state index is 12.4. The van der Waals surface area contributed by atoms with Crippen molar-refractivity contribution in [2.24, 2.45) is 0 Å². The van der Waals surface area contributed by atoms with Crippen LogP contribution in [0.3, 0.4) is 0 Å². The Morgan fingerprint density at radius 1 is 1.27 bits per heavy atom. The number of aromatic nitrogens is 4. The Morgan fingerprint density at radius 2 is 2.08 bits per heavy atom. The molecule has 3 rings (SSSR count). The van der Waals surface area contributed by atoms with Gasteiger partial charge in [0, 0.05) is 17.7 Å². The molecule has 1 N–H and O–H groups in total. The summed E-state index contributed by atoms with van der Waals surface area (Å²) in [6, 6.07) is 11.4. The molecule has 0 spiro atoms. The van der Waals surface area contributed by atoms with Crippen LogP contribution in [0.4, 0.5) is 8.78 Å². The molecule has 26 heavy (non-hydrogen) atoms. The van der Waals surface area contributed by atoms with E-state index in [1.807, 2.05) is 6.92 Å². The van der Waals surface area contributed by atoms with E-state index in [4.69, 9.17) is 0 Å². The van der Waals surface area contributed by atoms with Crippen molar-refractivity contribution < 1.29 is 18.3 Å². The lowest BCUT2D eigenvalue weighted by molar-refractivity contribution is -0.0504. The molecule has 7 nitrogen and oxygen atoms in total. The number of halogens is 2. The molecule has 0 aliphatic rings. The topological polar surface area (TPSA) is 81.9 Å². The molecule has 0 radical (unpaired) electrons. The Balaban J connectivity index is 1.70. The van der Waals surface area contributed by atoms with Crippen LogP contribution in [0, 0.1) is 6.92 Å². The lowest BCUT2D eigenvalue weighted by atomic mass is 10.1. The van der Waals surface area contributed by atoms with Crippen LogP contribution in [-0.2, 0) is 6.54 Å². The van der Waals surface area contributed by atoms with Crippen molar-refractivity contribution in [3.63, 3.8) is 0 Å². The number of para-hydroxylation sites is 1. The van der Waals surface area contributed by atoms with E-state index in [1.165, 1.54) is 17.1 Å². The monoisotopic (exact) mass is 359 g/mol. The second kappa shape index (κ2) is 7.68. The van der Waals surface area contributed by atoms with Gasteiger partial charge in [-0.25, -0.2) is 4.68 Å². The summed E-state index contributed by atoms with van der Waals surface area (Å²) in [6.07, 6.45) is 1.46. The van der Waals surface area contributed by atoms with Gasteiger partial charge < -0.3 is 10.1 Å². The van der Waals surface area contributed by atoms with Crippen molar-refractivity contribution in [1.82, 2.24) is 25.5 Å². The van der Waals surface area contributed by atoms with E-state index in [0.717, 1.165) is 11.3 Å². The fourth-order valence-corrected chi connectivity index (χ4v) is 2.46. The highest BCUT2D eigenvalue weighted by molar-refractivity contribution is 5.94. The molecule has 9 heteroatoms. The number of alkyl halides is 2. The summed E-state index contributed by atoms with van der Waals surface area (Å²) in [5.41, 5.74) is 2.46. The van der Waals surface area contributed by atoms with Gasteiger partial charge in [0.25, 0.3) is 5.91 Å². The Morgan fingerprint density at radius 3 is 2.77 bits per heavy atom. The zero-order valence-electron chi connectivity index (χ0n) is 13.8. The van der Waals surface area contributed by atoms with Gasteiger partial charge >= 0.3 is 6.61 Å². The fraction of sp³-hybridized carbons (Fsp3) is 0.176. The summed E-state index contributed by atoms with van der Waals surface area (Å²) >= 11 is 0. The molecule has 0 unspecified atom stereocenters. The molecular formula is C17H15F2N5O2. The molecule has 1 aromatic heterocycles. The van der Waals surface area contributed by atoms with E-state index in [0.29, 0.717) is 11.1 Å². The van der Waals surface area contributed by atoms with Gasteiger partial charge in [0.1, 0.15) is 12.1 Å². The third-order valence-electron chi connectivity index (χ3n) is 3.68. The zero-order chi connectivity index (χ0) is 18.5. The molecule has 3 aromatic rings. The third-order valence-corrected chi connectivity index (χ3v) is 3.68. The first kappa shape index (κ1) is 17.5. The molecule has 0 atom stereocenters. The largest absolute Gasteiger partial charge is 0.434 e. The van der Waals surface area contributed by atoms with Crippen LogP contribution in [0.1, 0.15) is 21.5 Å². The zero-order valence-corrected chi connectivity index (χ0v) is 13.8. The van der Waals surface area contributed by atoms with Crippen molar-refractivity contribution in [2.45, 2.75) is 20.1 Å². The summed E-state index contributed by atoms with van der Waals surface area (Å²) < 4.78 is 30.8. The van der Waals surface area contributed by atoms with Gasteiger partial charge in [-0.2, -0.15) is 8.78 Å². The minimum atomic E-state index is -2.92. The number of amides is 1. The molecule has 0 aliphatic carbocycles. The van der Waals surface area contributed by atoms with Crippen LogP contribution in [-0.4, -0.2) is 32.7 Å². The standard InChI is InChI=1S/C17H15F2N5O2/c1-11-8-12(6-7-14(11)24-10-21-22-23-24)16(25)20-9-13-4-2-3-5-15(13)26-17(18)19/h2-8,10,17H,9H2,1H3,(H,20,25). The molecule has 134 valence electrons. The van der Waals surface area contributed by atoms with E-state index in [2.05, 4.69) is 25.6 Å². The molecule has 0 saturated heterocycles. The Kier molecular flexibility index (Phi) is 5.16. The van der Waals surface area contributed by atoms with Gasteiger partial charge in [-0.05, 0) is 47.2 Å². The molecular weight excluding hydrogens is 344 g/mol. The predicted octanol–water partition coefficient (Wildman–Crippen LogP) is 2.50. The number of hydrogen-bond acceptors (Lipinski definition) is 5. The average molecular weight is 359 g/mol. The van der Waals surface area contributed by atoms with Gasteiger partial charge in [0.15, 0.2) is 0 Å². The number of benzene rings is 2. The Labute approximate surface area is 147 Å². The number of tetrazole rings is 1. The van der Waals surface area contributed by atoms with E-state index >= 15 is 0 Å². The number of ether oxygens (including phenoxy) is 1. The first-order valence-corrected chi connectivity index (χ1v) is 7.69. The van der Waals surface area contributed by atoms with Crippen LogP contribution < -0.4 is 10.1 Å². The van der Waals surface area contributed by atoms with E-state index in [-0.39, 0.29) is 18.2 Å². The third kappa shape index (κ3) is 4.00. The SMILES string of the molecule is Cc1cc(C(=O)NCc2ccccc2OC(F)F)ccc1-n1cnnn1. The number of aryl methyl sites for hydroxylation is 1. The van der Waals surface area contributed by atoms with Gasteiger partial charge in [-0.1, -0.05) is 18.2 Å². The normalized spacial score (nSPS) is 10.8. The highest BCUT2D eigenvalue weighted by Gasteiger charge is 2.12. The number of rotatable bonds is 6. The number of carbonyl (C=O) groups excluding carboxylic acids is 1. The van der Waals surface area contributed by atoms with E-state index in [9.17, 15) is 13.6 Å². The van der Waals surface area contributed by atoms with Crippen molar-refractivity contribution in [2.75, 3.05) is 0 Å². The number of nitrogens with zero attached hydrogens (tertiary/aromatic N) is 4. The number of carbonyl (C=O) groups is 1. The highest BCUT2D eigenvalue weighted by Crippen LogP contribution is 2.20. The Bertz CT molecular complexity index is 900. The van der Waals surface area contributed by atoms with Crippen LogP contribution in [0.25, 0.3) is 5.69 Å². The van der Waals surface area contributed by atoms with Crippen LogP contribution in [0.2, 0.25) is 0 Å². The molecule has 0 fully saturated rings. The summed E-state index contributed by atoms with van der Waals surface area (Å²) in [4.78, 5) is 12.4. The van der Waals surface area contributed by atoms with Crippen LogP contribution in [0.5, 0.6) is 5.75 Å². The van der Waals surface area contributed by atoms with Crippen molar-refractivity contribution in [3.05, 3.63) is 65.5 Å². The second-order valence-corrected chi connectivity index (χ2v) is 5.42. The maximum absolute atomic E-state index is 12.4. The van der Waals surface area contributed by atoms with Crippen LogP contribution >= 0.6 is 0 Å². The molecule has 1 amide bonds. The van der Waals surface area contributed by atoms with Gasteiger partial charge in [0.05, 0.1) is 5.69 Å². The maximum Gasteiger partial charge on any atom is 0.387 e. The summed E-state index contributed by atoms with van der Waals surface area (Å²) in [7, 11) is 0. The lowest BCUT2D eigenvalue weighted by Crippen LogP contribution is -2.23. The molecule has 1 heterocycles. The lowest BCUT2D eigenvalue weighted by Gasteiger charge is -2.12. The average Bonchev–Trinajstić information content (AvgIpc) is 3.14. The van der Waals surface area contributed by atoms with E-state index < -0.39 is 6.61 Å². The first-order chi connectivity index (χ1) is 12.5. The van der Waals surface area contributed by atoms with Crippen LogP contribution in [0.15, 0.2) is 48.8 Å². The first-order valence-electron chi connectivity index (χ1n) is 7.69. The minimum absolute atomic E-state index is 0.0352. The molecule has 0 aliphatic heterocycles. The van der Waals surface area contributed by atoms with Crippen molar-refractivity contribution in [1.29, 1.82) is 0 Å². The second-order valence-electron chi connectivity index (χ2n) is 5.42. The highest BCUT2D eigenvalue weighted by atomic mass is 19.3. The van der Waals surface area contributed by atoms with Gasteiger partial charge in [-0.15, -0.1) is 5.10 Å². The molecule has 0 bridgehead atoms. The summed E-state index contributed by atoms with van der Waals surface area (Å²) in [6.45, 7) is -1.02. The number of hydrogen-bond donors (Lipinski definition) is 1.